The van der Waals surface area contributed by atoms with Crippen molar-refractivity contribution in [2.45, 2.75) is 12.8 Å². The number of benzene rings is 1. The minimum atomic E-state index is -0.660. The van der Waals surface area contributed by atoms with Gasteiger partial charge in [0.25, 0.3) is 0 Å². The summed E-state index contributed by atoms with van der Waals surface area (Å²) in [5.41, 5.74) is 4.29. The molecule has 4 rings (SSSR count). The number of amidine groups is 1. The molecule has 1 aromatic rings. The van der Waals surface area contributed by atoms with E-state index in [0.29, 0.717) is 12.4 Å². The molecule has 4 nitrogen and oxygen atoms in total. The van der Waals surface area contributed by atoms with Crippen molar-refractivity contribution in [3.63, 3.8) is 0 Å². The highest BCUT2D eigenvalue weighted by Crippen LogP contribution is 2.27. The third kappa shape index (κ3) is 2.56. The summed E-state index contributed by atoms with van der Waals surface area (Å²) in [7, 11) is 0. The number of rotatable bonds is 1. The fourth-order valence-electron chi connectivity index (χ4n) is 3.12. The zero-order valence-corrected chi connectivity index (χ0v) is 13.1. The molecule has 118 valence electrons. The molecule has 24 heavy (non-hydrogen) atoms. The molecule has 0 fully saturated rings. The fourth-order valence-corrected chi connectivity index (χ4v) is 3.12. The number of allylic oxidation sites excluding steroid dienone is 4. The van der Waals surface area contributed by atoms with Crippen LogP contribution in [-0.4, -0.2) is 29.0 Å². The van der Waals surface area contributed by atoms with Gasteiger partial charge in [-0.1, -0.05) is 36.4 Å². The second-order valence-corrected chi connectivity index (χ2v) is 5.93. The van der Waals surface area contributed by atoms with Gasteiger partial charge in [-0.15, -0.1) is 0 Å². The largest absolute Gasteiger partial charge is 0.332 e. The smallest absolute Gasteiger partial charge is 0.315 e. The summed E-state index contributed by atoms with van der Waals surface area (Å²) >= 11 is 0. The Hall–Kier alpha value is -3.01. The highest BCUT2D eigenvalue weighted by atomic mass is 16.2. The normalized spacial score (nSPS) is 19.7. The maximum Gasteiger partial charge on any atom is 0.315 e. The summed E-state index contributed by atoms with van der Waals surface area (Å²) in [5, 5.41) is 0. The number of ketones is 1. The number of hydrogen-bond donors (Lipinski definition) is 0. The topological polar surface area (TPSA) is 49.7 Å². The van der Waals surface area contributed by atoms with Gasteiger partial charge in [-0.2, -0.15) is 4.99 Å². The molecule has 1 amide bonds. The van der Waals surface area contributed by atoms with Crippen molar-refractivity contribution in [3.8, 4) is 0 Å². The molecule has 0 aromatic heterocycles. The Morgan fingerprint density at radius 1 is 1.12 bits per heavy atom. The molecule has 0 N–H and O–H groups in total. The van der Waals surface area contributed by atoms with Gasteiger partial charge in [-0.3, -0.25) is 9.59 Å². The number of aliphatic imine (C=N–C) groups is 1. The van der Waals surface area contributed by atoms with E-state index in [9.17, 15) is 9.59 Å². The van der Waals surface area contributed by atoms with Crippen LogP contribution in [-0.2, 0) is 16.0 Å². The van der Waals surface area contributed by atoms with Crippen LogP contribution in [0.2, 0.25) is 0 Å². The molecule has 0 bridgehead atoms. The molecule has 2 aliphatic heterocycles. The quantitative estimate of drug-likeness (QED) is 0.749. The monoisotopic (exact) mass is 316 g/mol. The van der Waals surface area contributed by atoms with Gasteiger partial charge in [-0.25, -0.2) is 0 Å². The summed E-state index contributed by atoms with van der Waals surface area (Å²) in [6.07, 6.45) is 13.1. The van der Waals surface area contributed by atoms with Gasteiger partial charge in [0.15, 0.2) is 0 Å². The van der Waals surface area contributed by atoms with E-state index in [4.69, 9.17) is 0 Å². The Labute approximate surface area is 140 Å². The Bertz CT molecular complexity index is 885. The molecule has 1 aromatic carbocycles. The van der Waals surface area contributed by atoms with Crippen LogP contribution in [0.3, 0.4) is 0 Å². The van der Waals surface area contributed by atoms with Gasteiger partial charge in [0.2, 0.25) is 5.78 Å². The maximum atomic E-state index is 11.9. The van der Waals surface area contributed by atoms with E-state index in [2.05, 4.69) is 35.4 Å². The van der Waals surface area contributed by atoms with Crippen LogP contribution in [0.25, 0.3) is 6.08 Å². The van der Waals surface area contributed by atoms with Crippen LogP contribution in [0.4, 0.5) is 0 Å². The van der Waals surface area contributed by atoms with Crippen molar-refractivity contribution in [2.24, 2.45) is 4.99 Å². The maximum absolute atomic E-state index is 11.9. The van der Waals surface area contributed by atoms with E-state index in [1.807, 2.05) is 35.4 Å². The lowest BCUT2D eigenvalue weighted by Gasteiger charge is -2.25. The third-order valence-corrected chi connectivity index (χ3v) is 4.38. The molecule has 0 spiro atoms. The zero-order chi connectivity index (χ0) is 16.5. The van der Waals surface area contributed by atoms with Crippen molar-refractivity contribution in [3.05, 3.63) is 77.0 Å². The first kappa shape index (κ1) is 14.6. The molecule has 0 radical (unpaired) electrons. The van der Waals surface area contributed by atoms with Crippen molar-refractivity contribution in [1.82, 2.24) is 4.90 Å². The first-order valence-corrected chi connectivity index (χ1v) is 8.00. The summed E-state index contributed by atoms with van der Waals surface area (Å²) in [6.45, 7) is 0.477. The standard InChI is InChI=1S/C20H16N2O2/c23-18-10-12-22-11-4-9-17(19(22)21-20(18)24)16-8-3-7-14-5-1-2-6-15(14)13-16/h1-6,8-9,11,13H,7,10,12H2. The van der Waals surface area contributed by atoms with E-state index < -0.39 is 11.7 Å². The summed E-state index contributed by atoms with van der Waals surface area (Å²) in [5.74, 6) is -0.531. The van der Waals surface area contributed by atoms with E-state index >= 15 is 0 Å². The summed E-state index contributed by atoms with van der Waals surface area (Å²) in [4.78, 5) is 29.6. The Morgan fingerprint density at radius 2 is 2.00 bits per heavy atom. The number of carbonyl (C=O) groups excluding carboxylic acids is 2. The Morgan fingerprint density at radius 3 is 2.92 bits per heavy atom. The van der Waals surface area contributed by atoms with Gasteiger partial charge in [0, 0.05) is 24.7 Å². The first-order valence-electron chi connectivity index (χ1n) is 8.00. The van der Waals surface area contributed by atoms with Crippen molar-refractivity contribution >= 4 is 23.6 Å². The molecular weight excluding hydrogens is 300 g/mol. The predicted molar refractivity (Wildman–Crippen MR) is 93.3 cm³/mol. The Kier molecular flexibility index (Phi) is 3.58. The highest BCUT2D eigenvalue weighted by molar-refractivity contribution is 6.39. The van der Waals surface area contributed by atoms with E-state index in [0.717, 1.165) is 23.1 Å². The number of hydrogen-bond acceptors (Lipinski definition) is 3. The molecular formula is C20H16N2O2. The van der Waals surface area contributed by atoms with E-state index in [1.54, 1.807) is 0 Å². The second-order valence-electron chi connectivity index (χ2n) is 5.93. The lowest BCUT2D eigenvalue weighted by atomic mass is 9.99. The number of amides is 1. The number of carbonyl (C=O) groups is 2. The van der Waals surface area contributed by atoms with Gasteiger partial charge in [0.1, 0.15) is 5.84 Å². The number of nitrogens with zero attached hydrogens (tertiary/aromatic N) is 2. The van der Waals surface area contributed by atoms with E-state index in [1.165, 1.54) is 5.56 Å². The Balaban J connectivity index is 1.81. The third-order valence-electron chi connectivity index (χ3n) is 4.38. The molecule has 2 heterocycles. The van der Waals surface area contributed by atoms with Gasteiger partial charge in [0.05, 0.1) is 0 Å². The zero-order valence-electron chi connectivity index (χ0n) is 13.1. The average Bonchev–Trinajstić information content (AvgIpc) is 2.90. The van der Waals surface area contributed by atoms with Crippen LogP contribution < -0.4 is 0 Å². The van der Waals surface area contributed by atoms with Crippen LogP contribution in [0.15, 0.2) is 70.9 Å². The van der Waals surface area contributed by atoms with E-state index in [-0.39, 0.29) is 6.42 Å². The number of Topliss-reactive ketones (excluding diaryl/α,β-unsaturated/α-hetero) is 1. The minimum absolute atomic E-state index is 0.196. The lowest BCUT2D eigenvalue weighted by molar-refractivity contribution is -0.135. The first-order chi connectivity index (χ1) is 11.7. The molecule has 0 saturated carbocycles. The summed E-state index contributed by atoms with van der Waals surface area (Å²) < 4.78 is 0. The molecule has 0 atom stereocenters. The number of fused-ring (bicyclic) bond motifs is 2. The van der Waals surface area contributed by atoms with Crippen LogP contribution in [0, 0.1) is 0 Å². The average molecular weight is 316 g/mol. The molecule has 0 saturated heterocycles. The summed E-state index contributed by atoms with van der Waals surface area (Å²) in [6, 6.07) is 8.26. The molecule has 0 unspecified atom stereocenters. The predicted octanol–water partition coefficient (Wildman–Crippen LogP) is 2.84. The molecule has 4 heteroatoms. The van der Waals surface area contributed by atoms with Crippen molar-refractivity contribution in [1.29, 1.82) is 0 Å². The molecule has 1 aliphatic carbocycles. The highest BCUT2D eigenvalue weighted by Gasteiger charge is 2.27. The van der Waals surface area contributed by atoms with Gasteiger partial charge in [-0.05, 0) is 41.3 Å². The molecule has 3 aliphatic rings. The van der Waals surface area contributed by atoms with Gasteiger partial charge < -0.3 is 4.90 Å². The van der Waals surface area contributed by atoms with Crippen LogP contribution in [0.1, 0.15) is 17.5 Å². The van der Waals surface area contributed by atoms with Crippen LogP contribution >= 0.6 is 0 Å². The van der Waals surface area contributed by atoms with Crippen molar-refractivity contribution < 1.29 is 9.59 Å². The van der Waals surface area contributed by atoms with Gasteiger partial charge >= 0.3 is 5.91 Å². The second kappa shape index (κ2) is 5.89. The van der Waals surface area contributed by atoms with Crippen LogP contribution in [0.5, 0.6) is 0 Å². The fraction of sp³-hybridized carbons (Fsp3) is 0.150. The van der Waals surface area contributed by atoms with Crippen molar-refractivity contribution in [2.75, 3.05) is 6.54 Å². The minimum Gasteiger partial charge on any atom is -0.332 e. The lowest BCUT2D eigenvalue weighted by Crippen LogP contribution is -2.30. The SMILES string of the molecule is O=C1CCN2C=CC=C(C3=Cc4ccccc4CC=C3)C2=NC1=O.